The van der Waals surface area contributed by atoms with Crippen molar-refractivity contribution in [2.75, 3.05) is 24.6 Å². The summed E-state index contributed by atoms with van der Waals surface area (Å²) in [5.41, 5.74) is 8.12. The van der Waals surface area contributed by atoms with Crippen LogP contribution in [0.3, 0.4) is 0 Å². The summed E-state index contributed by atoms with van der Waals surface area (Å²) in [6.07, 6.45) is 1.06. The van der Waals surface area contributed by atoms with Crippen LogP contribution in [-0.2, 0) is 4.79 Å². The average Bonchev–Trinajstić information content (AvgIpc) is 2.69. The predicted molar refractivity (Wildman–Crippen MR) is 57.1 cm³/mol. The molecule has 0 aromatic carbocycles. The van der Waals surface area contributed by atoms with Gasteiger partial charge in [0.15, 0.2) is 0 Å². The Kier molecular flexibility index (Phi) is 4.62. The van der Waals surface area contributed by atoms with Crippen LogP contribution in [0.5, 0.6) is 0 Å². The molecule has 78 valence electrons. The van der Waals surface area contributed by atoms with Gasteiger partial charge in [-0.2, -0.15) is 11.8 Å². The van der Waals surface area contributed by atoms with Crippen LogP contribution >= 0.6 is 11.8 Å². The van der Waals surface area contributed by atoms with E-state index in [1.165, 1.54) is 0 Å². The Morgan fingerprint density at radius 1 is 1.79 bits per heavy atom. The third kappa shape index (κ3) is 2.82. The molecule has 6 heteroatoms. The van der Waals surface area contributed by atoms with E-state index in [1.54, 1.807) is 0 Å². The molecule has 0 spiro atoms. The monoisotopic (exact) mass is 214 g/mol. The van der Waals surface area contributed by atoms with Crippen LogP contribution in [0.25, 0.3) is 10.4 Å². The maximum atomic E-state index is 11.6. The lowest BCUT2D eigenvalue weighted by Crippen LogP contribution is -2.41. The molecule has 1 amide bonds. The van der Waals surface area contributed by atoms with E-state index in [0.29, 0.717) is 12.6 Å². The van der Waals surface area contributed by atoms with E-state index in [4.69, 9.17) is 5.53 Å². The quantitative estimate of drug-likeness (QED) is 0.405. The number of thioether (sulfide) groups is 1. The standard InChI is InChI=1S/C8H14N4OS/c1-2-12(7-3-4-14-6-7)8(13)5-10-11-9/h7H,2-6H2,1H3. The predicted octanol–water partition coefficient (Wildman–Crippen LogP) is 1.65. The second-order valence-electron chi connectivity index (χ2n) is 3.09. The molecule has 0 aliphatic carbocycles. The van der Waals surface area contributed by atoms with Gasteiger partial charge in [-0.3, -0.25) is 4.79 Å². The fourth-order valence-electron chi connectivity index (χ4n) is 1.59. The average molecular weight is 214 g/mol. The molecule has 0 N–H and O–H groups in total. The van der Waals surface area contributed by atoms with Gasteiger partial charge in [0.1, 0.15) is 6.54 Å². The first-order valence-electron chi connectivity index (χ1n) is 4.67. The molecule has 1 rings (SSSR count). The zero-order chi connectivity index (χ0) is 10.4. The van der Waals surface area contributed by atoms with Crippen molar-refractivity contribution in [3.05, 3.63) is 10.4 Å². The number of carbonyl (C=O) groups is 1. The Balaban J connectivity index is 2.51. The Morgan fingerprint density at radius 2 is 2.57 bits per heavy atom. The van der Waals surface area contributed by atoms with Gasteiger partial charge in [-0.1, -0.05) is 5.11 Å². The molecule has 1 saturated heterocycles. The first kappa shape index (κ1) is 11.2. The van der Waals surface area contributed by atoms with E-state index >= 15 is 0 Å². The Labute approximate surface area is 87.5 Å². The highest BCUT2D eigenvalue weighted by molar-refractivity contribution is 7.99. The molecule has 0 aromatic rings. The summed E-state index contributed by atoms with van der Waals surface area (Å²) in [7, 11) is 0. The molecule has 1 fully saturated rings. The first-order valence-corrected chi connectivity index (χ1v) is 5.83. The lowest BCUT2D eigenvalue weighted by Gasteiger charge is -2.26. The van der Waals surface area contributed by atoms with Crippen molar-refractivity contribution in [1.82, 2.24) is 4.90 Å². The van der Waals surface area contributed by atoms with Gasteiger partial charge in [-0.05, 0) is 24.6 Å². The number of hydrogen-bond donors (Lipinski definition) is 0. The van der Waals surface area contributed by atoms with E-state index in [-0.39, 0.29) is 12.5 Å². The summed E-state index contributed by atoms with van der Waals surface area (Å²) < 4.78 is 0. The summed E-state index contributed by atoms with van der Waals surface area (Å²) in [6.45, 7) is 2.60. The number of rotatable bonds is 4. The van der Waals surface area contributed by atoms with E-state index in [0.717, 1.165) is 17.9 Å². The number of carbonyl (C=O) groups excluding carboxylic acids is 1. The minimum Gasteiger partial charge on any atom is -0.339 e. The molecular formula is C8H14N4OS. The molecule has 1 aliphatic rings. The Hall–Kier alpha value is -0.870. The van der Waals surface area contributed by atoms with Crippen LogP contribution in [0, 0.1) is 0 Å². The molecule has 5 nitrogen and oxygen atoms in total. The van der Waals surface area contributed by atoms with Gasteiger partial charge in [0.05, 0.1) is 0 Å². The van der Waals surface area contributed by atoms with Gasteiger partial charge in [-0.15, -0.1) is 0 Å². The molecule has 1 aliphatic heterocycles. The molecular weight excluding hydrogens is 200 g/mol. The van der Waals surface area contributed by atoms with Crippen molar-refractivity contribution < 1.29 is 4.79 Å². The minimum absolute atomic E-state index is 0.0501. The van der Waals surface area contributed by atoms with Crippen molar-refractivity contribution in [1.29, 1.82) is 0 Å². The number of likely N-dealkylation sites (N-methyl/N-ethyl adjacent to an activating group) is 1. The van der Waals surface area contributed by atoms with Crippen LogP contribution in [0.1, 0.15) is 13.3 Å². The first-order chi connectivity index (χ1) is 6.79. The molecule has 1 heterocycles. The normalized spacial score (nSPS) is 20.2. The van der Waals surface area contributed by atoms with E-state index in [9.17, 15) is 4.79 Å². The van der Waals surface area contributed by atoms with Gasteiger partial charge >= 0.3 is 0 Å². The summed E-state index contributed by atoms with van der Waals surface area (Å²) >= 11 is 1.87. The highest BCUT2D eigenvalue weighted by Gasteiger charge is 2.24. The van der Waals surface area contributed by atoms with Crippen molar-refractivity contribution in [2.45, 2.75) is 19.4 Å². The second kappa shape index (κ2) is 5.78. The van der Waals surface area contributed by atoms with Gasteiger partial charge in [0.25, 0.3) is 0 Å². The van der Waals surface area contributed by atoms with Crippen LogP contribution in [0.15, 0.2) is 5.11 Å². The molecule has 0 bridgehead atoms. The van der Waals surface area contributed by atoms with Gasteiger partial charge in [-0.25, -0.2) is 0 Å². The van der Waals surface area contributed by atoms with Crippen LogP contribution < -0.4 is 0 Å². The van der Waals surface area contributed by atoms with Crippen molar-refractivity contribution in [3.63, 3.8) is 0 Å². The van der Waals surface area contributed by atoms with Gasteiger partial charge in [0.2, 0.25) is 5.91 Å². The lowest BCUT2D eigenvalue weighted by molar-refractivity contribution is -0.131. The molecule has 1 unspecified atom stereocenters. The summed E-state index contributed by atoms with van der Waals surface area (Å²) in [5, 5.41) is 3.29. The van der Waals surface area contributed by atoms with E-state index in [2.05, 4.69) is 10.0 Å². The highest BCUT2D eigenvalue weighted by Crippen LogP contribution is 2.22. The smallest absolute Gasteiger partial charge is 0.228 e. The van der Waals surface area contributed by atoms with Crippen LogP contribution in [0.2, 0.25) is 0 Å². The molecule has 1 atom stereocenters. The van der Waals surface area contributed by atoms with Crippen LogP contribution in [-0.4, -0.2) is 41.4 Å². The zero-order valence-electron chi connectivity index (χ0n) is 8.22. The number of amides is 1. The highest BCUT2D eigenvalue weighted by atomic mass is 32.2. The van der Waals surface area contributed by atoms with Crippen LogP contribution in [0.4, 0.5) is 0 Å². The Bertz CT molecular complexity index is 246. The van der Waals surface area contributed by atoms with E-state index < -0.39 is 0 Å². The molecule has 0 radical (unpaired) electrons. The number of hydrogen-bond acceptors (Lipinski definition) is 3. The van der Waals surface area contributed by atoms with Crippen molar-refractivity contribution in [3.8, 4) is 0 Å². The molecule has 0 aromatic heterocycles. The van der Waals surface area contributed by atoms with Gasteiger partial charge in [0, 0.05) is 23.3 Å². The SMILES string of the molecule is CCN(C(=O)CN=[N+]=[N-])C1CCSC1. The fourth-order valence-corrected chi connectivity index (χ4v) is 2.81. The van der Waals surface area contributed by atoms with E-state index in [1.807, 2.05) is 23.6 Å². The molecule has 0 saturated carbocycles. The third-order valence-corrected chi connectivity index (χ3v) is 3.42. The maximum absolute atomic E-state index is 11.6. The summed E-state index contributed by atoms with van der Waals surface area (Å²) in [4.78, 5) is 16.0. The Morgan fingerprint density at radius 3 is 3.07 bits per heavy atom. The lowest BCUT2D eigenvalue weighted by atomic mass is 10.2. The second-order valence-corrected chi connectivity index (χ2v) is 4.24. The number of nitrogens with zero attached hydrogens (tertiary/aromatic N) is 4. The largest absolute Gasteiger partial charge is 0.339 e. The fraction of sp³-hybridized carbons (Fsp3) is 0.875. The summed E-state index contributed by atoms with van der Waals surface area (Å²) in [5.74, 6) is 2.07. The van der Waals surface area contributed by atoms with Crippen molar-refractivity contribution >= 4 is 17.7 Å². The summed E-state index contributed by atoms with van der Waals surface area (Å²) in [6, 6.07) is 0.339. The maximum Gasteiger partial charge on any atom is 0.228 e. The van der Waals surface area contributed by atoms with Gasteiger partial charge < -0.3 is 4.90 Å². The van der Waals surface area contributed by atoms with Crippen molar-refractivity contribution in [2.24, 2.45) is 5.11 Å². The molecule has 14 heavy (non-hydrogen) atoms. The minimum atomic E-state index is -0.0576. The zero-order valence-corrected chi connectivity index (χ0v) is 9.03. The topological polar surface area (TPSA) is 69.1 Å². The number of azide groups is 1. The third-order valence-electron chi connectivity index (χ3n) is 2.28.